The number of phenolic OH excluding ortho intramolecular Hbond substituents is 1. The molecule has 4 nitrogen and oxygen atoms in total. The van der Waals surface area contributed by atoms with E-state index in [1.54, 1.807) is 0 Å². The lowest BCUT2D eigenvalue weighted by Gasteiger charge is -2.21. The Bertz CT molecular complexity index is 450. The molecule has 0 aliphatic carbocycles. The molecule has 2 N–H and O–H groups in total. The summed E-state index contributed by atoms with van der Waals surface area (Å²) in [6.45, 7) is 0.859. The number of hydrogen-bond acceptors (Lipinski definition) is 4. The summed E-state index contributed by atoms with van der Waals surface area (Å²) >= 11 is 0. The molecule has 1 saturated heterocycles. The van der Waals surface area contributed by atoms with Gasteiger partial charge in [-0.3, -0.25) is 9.69 Å². The topological polar surface area (TPSA) is 60.8 Å². The zero-order chi connectivity index (χ0) is 13.1. The number of Topliss-reactive ketones (excluding diaryl/α,β-unsaturated/α-hetero) is 1. The van der Waals surface area contributed by atoms with Crippen LogP contribution < -0.4 is 0 Å². The van der Waals surface area contributed by atoms with Gasteiger partial charge in [-0.25, -0.2) is 4.39 Å². The summed E-state index contributed by atoms with van der Waals surface area (Å²) in [7, 11) is 0. The molecule has 98 valence electrons. The summed E-state index contributed by atoms with van der Waals surface area (Å²) in [6.07, 6.45) is 1.80. The van der Waals surface area contributed by atoms with Gasteiger partial charge >= 0.3 is 0 Å². The quantitative estimate of drug-likeness (QED) is 0.791. The van der Waals surface area contributed by atoms with Crippen molar-refractivity contribution in [3.8, 4) is 5.75 Å². The van der Waals surface area contributed by atoms with Gasteiger partial charge in [0.1, 0.15) is 11.6 Å². The number of likely N-dealkylation sites (tertiary alicyclic amines) is 1. The fourth-order valence-corrected chi connectivity index (χ4v) is 2.31. The van der Waals surface area contributed by atoms with Gasteiger partial charge in [-0.15, -0.1) is 0 Å². The third-order valence-corrected chi connectivity index (χ3v) is 3.32. The van der Waals surface area contributed by atoms with Crippen LogP contribution in [0.15, 0.2) is 18.2 Å². The molecule has 1 aromatic carbocycles. The van der Waals surface area contributed by atoms with E-state index < -0.39 is 5.82 Å². The molecule has 0 aromatic heterocycles. The van der Waals surface area contributed by atoms with E-state index in [1.165, 1.54) is 6.07 Å². The molecule has 18 heavy (non-hydrogen) atoms. The number of aliphatic hydroxyl groups is 1. The number of rotatable bonds is 4. The van der Waals surface area contributed by atoms with Gasteiger partial charge in [-0.05, 0) is 37.6 Å². The van der Waals surface area contributed by atoms with Crippen molar-refractivity contribution in [2.45, 2.75) is 18.9 Å². The number of carbonyl (C=O) groups excluding carboxylic acids is 1. The van der Waals surface area contributed by atoms with Gasteiger partial charge in [0.15, 0.2) is 5.78 Å². The second-order valence-corrected chi connectivity index (χ2v) is 4.53. The highest BCUT2D eigenvalue weighted by Crippen LogP contribution is 2.21. The monoisotopic (exact) mass is 253 g/mol. The Kier molecular flexibility index (Phi) is 3.93. The molecule has 0 bridgehead atoms. The lowest BCUT2D eigenvalue weighted by Crippen LogP contribution is -2.36. The Hall–Kier alpha value is -1.46. The summed E-state index contributed by atoms with van der Waals surface area (Å²) in [4.78, 5) is 13.9. The standard InChI is InChI=1S/C13H16FNO3/c14-9-3-4-12(17)11(6-9)13(18)7-15-5-1-2-10(15)8-16/h3-4,6,10,16-17H,1-2,5,7-8H2. The summed E-state index contributed by atoms with van der Waals surface area (Å²) in [6, 6.07) is 3.32. The predicted octanol–water partition coefficient (Wildman–Crippen LogP) is 1.17. The SMILES string of the molecule is O=C(CN1CCCC1CO)c1cc(F)ccc1O. The van der Waals surface area contributed by atoms with Crippen molar-refractivity contribution in [1.82, 2.24) is 4.90 Å². The summed E-state index contributed by atoms with van der Waals surface area (Å²) < 4.78 is 13.0. The van der Waals surface area contributed by atoms with Gasteiger partial charge < -0.3 is 10.2 Å². The Morgan fingerprint density at radius 2 is 2.28 bits per heavy atom. The van der Waals surface area contributed by atoms with Crippen LogP contribution in [0.1, 0.15) is 23.2 Å². The van der Waals surface area contributed by atoms with Crippen LogP contribution in [0.2, 0.25) is 0 Å². The average Bonchev–Trinajstić information content (AvgIpc) is 2.79. The maximum absolute atomic E-state index is 13.0. The fraction of sp³-hybridized carbons (Fsp3) is 0.462. The highest BCUT2D eigenvalue weighted by Gasteiger charge is 2.26. The number of carbonyl (C=O) groups is 1. The number of aromatic hydroxyl groups is 1. The molecule has 1 aromatic rings. The number of hydrogen-bond donors (Lipinski definition) is 2. The number of nitrogens with zero attached hydrogens (tertiary/aromatic N) is 1. The Balaban J connectivity index is 2.09. The van der Waals surface area contributed by atoms with Crippen LogP contribution >= 0.6 is 0 Å². The van der Waals surface area contributed by atoms with Crippen LogP contribution in [0.3, 0.4) is 0 Å². The number of ketones is 1. The lowest BCUT2D eigenvalue weighted by molar-refractivity contribution is 0.0885. The smallest absolute Gasteiger partial charge is 0.180 e. The van der Waals surface area contributed by atoms with Crippen molar-refractivity contribution < 1.29 is 19.4 Å². The Morgan fingerprint density at radius 1 is 1.50 bits per heavy atom. The van der Waals surface area contributed by atoms with E-state index in [0.29, 0.717) is 0 Å². The molecule has 1 aliphatic heterocycles. The molecular formula is C13H16FNO3. The number of aliphatic hydroxyl groups excluding tert-OH is 1. The van der Waals surface area contributed by atoms with Gasteiger partial charge in [-0.1, -0.05) is 0 Å². The van der Waals surface area contributed by atoms with Crippen LogP contribution in [-0.2, 0) is 0 Å². The van der Waals surface area contributed by atoms with Gasteiger partial charge in [0.2, 0.25) is 0 Å². The molecule has 1 aliphatic rings. The molecule has 0 spiro atoms. The van der Waals surface area contributed by atoms with Crippen molar-refractivity contribution in [2.24, 2.45) is 0 Å². The third kappa shape index (κ3) is 2.68. The molecule has 0 radical (unpaired) electrons. The molecule has 0 saturated carbocycles. The highest BCUT2D eigenvalue weighted by atomic mass is 19.1. The zero-order valence-corrected chi connectivity index (χ0v) is 9.97. The lowest BCUT2D eigenvalue weighted by atomic mass is 10.1. The molecule has 2 rings (SSSR count). The highest BCUT2D eigenvalue weighted by molar-refractivity contribution is 6.00. The minimum absolute atomic E-state index is 0.00131. The molecule has 1 unspecified atom stereocenters. The van der Waals surface area contributed by atoms with E-state index in [-0.39, 0.29) is 36.3 Å². The first kappa shape index (κ1) is 13.0. The first-order valence-corrected chi connectivity index (χ1v) is 5.98. The first-order valence-electron chi connectivity index (χ1n) is 5.98. The molecule has 0 amide bonds. The minimum Gasteiger partial charge on any atom is -0.507 e. The van der Waals surface area contributed by atoms with E-state index in [1.807, 2.05) is 4.90 Å². The number of halogens is 1. The van der Waals surface area contributed by atoms with Crippen LogP contribution in [-0.4, -0.2) is 46.6 Å². The normalized spacial score (nSPS) is 20.2. The van der Waals surface area contributed by atoms with Crippen molar-refractivity contribution >= 4 is 5.78 Å². The Morgan fingerprint density at radius 3 is 3.00 bits per heavy atom. The first-order chi connectivity index (χ1) is 8.61. The van der Waals surface area contributed by atoms with E-state index in [2.05, 4.69) is 0 Å². The van der Waals surface area contributed by atoms with Gasteiger partial charge in [0, 0.05) is 6.04 Å². The minimum atomic E-state index is -0.545. The van der Waals surface area contributed by atoms with Crippen LogP contribution in [0.4, 0.5) is 4.39 Å². The number of phenols is 1. The zero-order valence-electron chi connectivity index (χ0n) is 9.97. The second kappa shape index (κ2) is 5.46. The second-order valence-electron chi connectivity index (χ2n) is 4.53. The van der Waals surface area contributed by atoms with Gasteiger partial charge in [-0.2, -0.15) is 0 Å². The average molecular weight is 253 g/mol. The maximum atomic E-state index is 13.0. The van der Waals surface area contributed by atoms with Gasteiger partial charge in [0.05, 0.1) is 18.7 Å². The summed E-state index contributed by atoms with van der Waals surface area (Å²) in [5.41, 5.74) is -0.00131. The van der Waals surface area contributed by atoms with E-state index in [9.17, 15) is 14.3 Å². The number of benzene rings is 1. The molecule has 1 atom stereocenters. The van der Waals surface area contributed by atoms with Crippen LogP contribution in [0, 0.1) is 5.82 Å². The molecule has 1 heterocycles. The fourth-order valence-electron chi connectivity index (χ4n) is 2.31. The summed E-state index contributed by atoms with van der Waals surface area (Å²) in [5, 5.41) is 18.7. The molecule has 5 heteroatoms. The van der Waals surface area contributed by atoms with E-state index in [0.717, 1.165) is 31.5 Å². The molecule has 1 fully saturated rings. The van der Waals surface area contributed by atoms with Crippen LogP contribution in [0.25, 0.3) is 0 Å². The maximum Gasteiger partial charge on any atom is 0.180 e. The van der Waals surface area contributed by atoms with Crippen molar-refractivity contribution in [3.05, 3.63) is 29.6 Å². The van der Waals surface area contributed by atoms with Gasteiger partial charge in [0.25, 0.3) is 0 Å². The third-order valence-electron chi connectivity index (χ3n) is 3.32. The van der Waals surface area contributed by atoms with Crippen molar-refractivity contribution in [1.29, 1.82) is 0 Å². The summed E-state index contributed by atoms with van der Waals surface area (Å²) in [5.74, 6) is -1.08. The Labute approximate surface area is 105 Å². The van der Waals surface area contributed by atoms with Crippen molar-refractivity contribution in [2.75, 3.05) is 19.7 Å². The van der Waals surface area contributed by atoms with E-state index in [4.69, 9.17) is 5.11 Å². The molecular weight excluding hydrogens is 237 g/mol. The van der Waals surface area contributed by atoms with Crippen molar-refractivity contribution in [3.63, 3.8) is 0 Å². The van der Waals surface area contributed by atoms with E-state index >= 15 is 0 Å². The predicted molar refractivity (Wildman–Crippen MR) is 64.1 cm³/mol. The largest absolute Gasteiger partial charge is 0.507 e. The van der Waals surface area contributed by atoms with Crippen LogP contribution in [0.5, 0.6) is 5.75 Å².